The average Bonchev–Trinajstić information content (AvgIpc) is 2.14. The van der Waals surface area contributed by atoms with Gasteiger partial charge in [0.25, 0.3) is 0 Å². The zero-order valence-electron chi connectivity index (χ0n) is 10.3. The van der Waals surface area contributed by atoms with E-state index in [2.05, 4.69) is 32.7 Å². The van der Waals surface area contributed by atoms with Crippen LogP contribution >= 0.6 is 0 Å². The summed E-state index contributed by atoms with van der Waals surface area (Å²) in [7, 11) is 2.11. The van der Waals surface area contributed by atoms with Crippen molar-refractivity contribution in [2.45, 2.75) is 51.6 Å². The van der Waals surface area contributed by atoms with Crippen LogP contribution < -0.4 is 5.73 Å². The molecule has 0 aromatic rings. The highest BCUT2D eigenvalue weighted by Crippen LogP contribution is 2.17. The molecule has 0 saturated heterocycles. The first-order valence-corrected chi connectivity index (χ1v) is 5.36. The molecule has 0 aromatic carbocycles. The minimum Gasteiger partial charge on any atom is -0.394 e. The van der Waals surface area contributed by atoms with Gasteiger partial charge in [-0.05, 0) is 40.7 Å². The van der Waals surface area contributed by atoms with Crippen molar-refractivity contribution in [3.63, 3.8) is 0 Å². The van der Waals surface area contributed by atoms with Crippen molar-refractivity contribution in [2.75, 3.05) is 20.2 Å². The molecular formula is C11H26N2O. The predicted octanol–water partition coefficient (Wildman–Crippen LogP) is 1.21. The van der Waals surface area contributed by atoms with Crippen LogP contribution in [0.2, 0.25) is 0 Å². The van der Waals surface area contributed by atoms with E-state index in [0.29, 0.717) is 0 Å². The minimum atomic E-state index is -0.446. The van der Waals surface area contributed by atoms with Crippen molar-refractivity contribution in [2.24, 2.45) is 5.73 Å². The number of rotatable bonds is 6. The molecule has 14 heavy (non-hydrogen) atoms. The SMILES string of the molecule is CCC(C)(C)N(C)CCC(C)(N)CO. The van der Waals surface area contributed by atoms with Gasteiger partial charge in [-0.25, -0.2) is 0 Å². The summed E-state index contributed by atoms with van der Waals surface area (Å²) in [6, 6.07) is 0. The van der Waals surface area contributed by atoms with E-state index < -0.39 is 5.54 Å². The normalized spacial score (nSPS) is 17.1. The number of nitrogens with zero attached hydrogens (tertiary/aromatic N) is 1. The Bertz CT molecular complexity index is 167. The quantitative estimate of drug-likeness (QED) is 0.680. The second-order valence-corrected chi connectivity index (χ2v) is 5.15. The monoisotopic (exact) mass is 202 g/mol. The Hall–Kier alpha value is -0.120. The lowest BCUT2D eigenvalue weighted by Gasteiger charge is -2.36. The molecule has 0 bridgehead atoms. The van der Waals surface area contributed by atoms with Crippen molar-refractivity contribution in [1.82, 2.24) is 4.90 Å². The number of hydrogen-bond donors (Lipinski definition) is 2. The van der Waals surface area contributed by atoms with Crippen LogP contribution in [-0.2, 0) is 0 Å². The van der Waals surface area contributed by atoms with Crippen LogP contribution in [0.3, 0.4) is 0 Å². The molecule has 0 aliphatic rings. The van der Waals surface area contributed by atoms with Crippen molar-refractivity contribution in [3.8, 4) is 0 Å². The first-order valence-electron chi connectivity index (χ1n) is 5.36. The molecule has 0 fully saturated rings. The third-order valence-electron chi connectivity index (χ3n) is 3.28. The van der Waals surface area contributed by atoms with Gasteiger partial charge in [-0.15, -0.1) is 0 Å². The number of aliphatic hydroxyl groups excluding tert-OH is 1. The van der Waals surface area contributed by atoms with Gasteiger partial charge < -0.3 is 15.7 Å². The van der Waals surface area contributed by atoms with Gasteiger partial charge in [0.2, 0.25) is 0 Å². The zero-order chi connectivity index (χ0) is 11.4. The summed E-state index contributed by atoms with van der Waals surface area (Å²) in [6.07, 6.45) is 1.94. The van der Waals surface area contributed by atoms with E-state index in [1.54, 1.807) is 0 Å². The van der Waals surface area contributed by atoms with Gasteiger partial charge in [0.15, 0.2) is 0 Å². The van der Waals surface area contributed by atoms with E-state index in [1.807, 2.05) is 6.92 Å². The minimum absolute atomic E-state index is 0.0490. The molecule has 0 heterocycles. The molecule has 0 amide bonds. The molecule has 3 nitrogen and oxygen atoms in total. The number of nitrogens with two attached hydrogens (primary N) is 1. The van der Waals surface area contributed by atoms with E-state index in [-0.39, 0.29) is 12.1 Å². The second-order valence-electron chi connectivity index (χ2n) is 5.15. The molecule has 1 atom stereocenters. The highest BCUT2D eigenvalue weighted by atomic mass is 16.3. The van der Waals surface area contributed by atoms with Crippen LogP contribution in [0.5, 0.6) is 0 Å². The van der Waals surface area contributed by atoms with E-state index in [1.165, 1.54) is 0 Å². The zero-order valence-corrected chi connectivity index (χ0v) is 10.3. The van der Waals surface area contributed by atoms with Gasteiger partial charge in [0, 0.05) is 17.6 Å². The smallest absolute Gasteiger partial charge is 0.0608 e. The van der Waals surface area contributed by atoms with Gasteiger partial charge in [-0.2, -0.15) is 0 Å². The van der Waals surface area contributed by atoms with Crippen LogP contribution in [0, 0.1) is 0 Å². The summed E-state index contributed by atoms with van der Waals surface area (Å²) in [4.78, 5) is 2.30. The van der Waals surface area contributed by atoms with Crippen LogP contribution in [-0.4, -0.2) is 41.3 Å². The molecule has 0 saturated carbocycles. The average molecular weight is 202 g/mol. The molecule has 0 aromatic heterocycles. The van der Waals surface area contributed by atoms with Crippen molar-refractivity contribution in [3.05, 3.63) is 0 Å². The fraction of sp³-hybridized carbons (Fsp3) is 1.00. The molecule has 0 spiro atoms. The maximum Gasteiger partial charge on any atom is 0.0608 e. The summed E-state index contributed by atoms with van der Waals surface area (Å²) >= 11 is 0. The lowest BCUT2D eigenvalue weighted by Crippen LogP contribution is -2.47. The molecule has 0 aliphatic heterocycles. The maximum absolute atomic E-state index is 9.02. The Labute approximate surface area is 88.3 Å². The van der Waals surface area contributed by atoms with E-state index in [4.69, 9.17) is 10.8 Å². The van der Waals surface area contributed by atoms with Crippen LogP contribution in [0.25, 0.3) is 0 Å². The van der Waals surface area contributed by atoms with Crippen LogP contribution in [0.1, 0.15) is 40.5 Å². The molecule has 86 valence electrons. The molecule has 3 heteroatoms. The summed E-state index contributed by atoms with van der Waals surface area (Å²) in [5.41, 5.74) is 5.64. The first-order chi connectivity index (χ1) is 6.25. The fourth-order valence-corrected chi connectivity index (χ4v) is 1.07. The first kappa shape index (κ1) is 13.9. The Morgan fingerprint density at radius 1 is 1.29 bits per heavy atom. The Morgan fingerprint density at radius 2 is 1.79 bits per heavy atom. The highest BCUT2D eigenvalue weighted by Gasteiger charge is 2.24. The number of aliphatic hydroxyl groups is 1. The summed E-state index contributed by atoms with van der Waals surface area (Å²) < 4.78 is 0. The summed E-state index contributed by atoms with van der Waals surface area (Å²) in [5.74, 6) is 0. The number of hydrogen-bond acceptors (Lipinski definition) is 3. The second kappa shape index (κ2) is 5.10. The maximum atomic E-state index is 9.02. The predicted molar refractivity (Wildman–Crippen MR) is 61.3 cm³/mol. The van der Waals surface area contributed by atoms with Crippen molar-refractivity contribution >= 4 is 0 Å². The van der Waals surface area contributed by atoms with E-state index in [0.717, 1.165) is 19.4 Å². The van der Waals surface area contributed by atoms with Gasteiger partial charge in [-0.1, -0.05) is 6.92 Å². The van der Waals surface area contributed by atoms with E-state index in [9.17, 15) is 0 Å². The third-order valence-corrected chi connectivity index (χ3v) is 3.28. The molecule has 1 unspecified atom stereocenters. The summed E-state index contributed by atoms with van der Waals surface area (Å²) in [5, 5.41) is 9.02. The molecular weight excluding hydrogens is 176 g/mol. The summed E-state index contributed by atoms with van der Waals surface area (Å²) in [6.45, 7) is 9.49. The van der Waals surface area contributed by atoms with Gasteiger partial charge in [0.1, 0.15) is 0 Å². The van der Waals surface area contributed by atoms with Crippen LogP contribution in [0.4, 0.5) is 0 Å². The van der Waals surface area contributed by atoms with Gasteiger partial charge >= 0.3 is 0 Å². The Balaban J connectivity index is 4.02. The standard InChI is InChI=1S/C11H26N2O/c1-6-10(2,3)13(5)8-7-11(4,12)9-14/h14H,6-9,12H2,1-5H3. The Kier molecular flexibility index (Phi) is 5.06. The molecule has 3 N–H and O–H groups in total. The van der Waals surface area contributed by atoms with Gasteiger partial charge in [-0.3, -0.25) is 0 Å². The largest absolute Gasteiger partial charge is 0.394 e. The van der Waals surface area contributed by atoms with Crippen molar-refractivity contribution < 1.29 is 5.11 Å². The molecule has 0 rings (SSSR count). The topological polar surface area (TPSA) is 49.5 Å². The Morgan fingerprint density at radius 3 is 2.14 bits per heavy atom. The third kappa shape index (κ3) is 4.40. The van der Waals surface area contributed by atoms with Gasteiger partial charge in [0.05, 0.1) is 6.61 Å². The molecule has 0 aliphatic carbocycles. The van der Waals surface area contributed by atoms with Crippen molar-refractivity contribution in [1.29, 1.82) is 0 Å². The lowest BCUT2D eigenvalue weighted by atomic mass is 9.96. The molecule has 0 radical (unpaired) electrons. The van der Waals surface area contributed by atoms with Crippen LogP contribution in [0.15, 0.2) is 0 Å². The van der Waals surface area contributed by atoms with E-state index >= 15 is 0 Å². The highest BCUT2D eigenvalue weighted by molar-refractivity contribution is 4.82. The lowest BCUT2D eigenvalue weighted by molar-refractivity contribution is 0.123. The fourth-order valence-electron chi connectivity index (χ4n) is 1.07.